The summed E-state index contributed by atoms with van der Waals surface area (Å²) in [5.74, 6) is 0.0477. The van der Waals surface area contributed by atoms with Crippen molar-refractivity contribution in [1.82, 2.24) is 14.8 Å². The fourth-order valence-corrected chi connectivity index (χ4v) is 4.06. The summed E-state index contributed by atoms with van der Waals surface area (Å²) < 4.78 is 15.2. The van der Waals surface area contributed by atoms with E-state index < -0.39 is 0 Å². The van der Waals surface area contributed by atoms with Gasteiger partial charge in [0.25, 0.3) is 11.9 Å². The van der Waals surface area contributed by atoms with E-state index in [4.69, 9.17) is 11.6 Å². The molecule has 1 amide bonds. The van der Waals surface area contributed by atoms with Gasteiger partial charge in [0.15, 0.2) is 0 Å². The molecule has 0 saturated heterocycles. The van der Waals surface area contributed by atoms with E-state index in [-0.39, 0.29) is 23.7 Å². The maximum atomic E-state index is 13.5. The van der Waals surface area contributed by atoms with Crippen LogP contribution in [0, 0.1) is 5.82 Å². The zero-order chi connectivity index (χ0) is 21.4. The van der Waals surface area contributed by atoms with Crippen molar-refractivity contribution in [3.63, 3.8) is 0 Å². The van der Waals surface area contributed by atoms with Gasteiger partial charge in [0.05, 0.1) is 4.88 Å². The van der Waals surface area contributed by atoms with Gasteiger partial charge in [-0.15, -0.1) is 16.4 Å². The van der Waals surface area contributed by atoms with Crippen molar-refractivity contribution in [2.45, 2.75) is 6.04 Å². The number of thiophene rings is 1. The van der Waals surface area contributed by atoms with Gasteiger partial charge in [-0.3, -0.25) is 10.1 Å². The van der Waals surface area contributed by atoms with Crippen LogP contribution < -0.4 is 10.6 Å². The zero-order valence-electron chi connectivity index (χ0n) is 15.9. The maximum absolute atomic E-state index is 13.5. The lowest BCUT2D eigenvalue weighted by molar-refractivity contribution is 0.102. The van der Waals surface area contributed by atoms with Gasteiger partial charge in [0.1, 0.15) is 11.9 Å². The first-order valence-electron chi connectivity index (χ1n) is 9.38. The van der Waals surface area contributed by atoms with E-state index in [9.17, 15) is 9.18 Å². The average molecular weight is 452 g/mol. The molecule has 1 aliphatic heterocycles. The van der Waals surface area contributed by atoms with Crippen LogP contribution in [-0.4, -0.2) is 20.7 Å². The van der Waals surface area contributed by atoms with Crippen LogP contribution in [0.4, 0.5) is 16.3 Å². The van der Waals surface area contributed by atoms with Gasteiger partial charge in [-0.2, -0.15) is 4.98 Å². The number of halogens is 2. The molecule has 154 valence electrons. The highest BCUT2D eigenvalue weighted by Crippen LogP contribution is 2.33. The number of anilines is 2. The van der Waals surface area contributed by atoms with Gasteiger partial charge in [-0.1, -0.05) is 41.9 Å². The Morgan fingerprint density at radius 3 is 2.61 bits per heavy atom. The highest BCUT2D eigenvalue weighted by molar-refractivity contribution is 7.12. The molecule has 5 rings (SSSR count). The average Bonchev–Trinajstić information content (AvgIpc) is 3.44. The molecule has 0 aliphatic carbocycles. The normalized spacial score (nSPS) is 15.0. The monoisotopic (exact) mass is 451 g/mol. The summed E-state index contributed by atoms with van der Waals surface area (Å²) in [6.07, 6.45) is 1.98. The minimum atomic E-state index is -0.345. The molecule has 0 saturated carbocycles. The lowest BCUT2D eigenvalue weighted by Gasteiger charge is -2.24. The molecule has 0 unspecified atom stereocenters. The molecule has 9 heteroatoms. The Balaban J connectivity index is 1.53. The molecule has 3 heterocycles. The Morgan fingerprint density at radius 1 is 1.13 bits per heavy atom. The molecule has 2 aromatic carbocycles. The van der Waals surface area contributed by atoms with Crippen LogP contribution in [0.5, 0.6) is 0 Å². The standard InChI is InChI=1S/C22H15ClFN5OS/c23-15-7-3-13(4-8-15)17-12-18(14-5-9-16(24)10-6-14)29-22(25-17)27-21(28-29)26-20(30)19-2-1-11-31-19/h1-12,18H,(H2,25,26,27,28,30)/t18-/m0/s1. The number of nitrogens with zero attached hydrogens (tertiary/aromatic N) is 3. The minimum absolute atomic E-state index is 0.179. The fraction of sp³-hybridized carbons (Fsp3) is 0.0455. The molecular formula is C22H15ClFN5OS. The number of hydrogen-bond donors (Lipinski definition) is 2. The van der Waals surface area contributed by atoms with E-state index in [2.05, 4.69) is 20.7 Å². The number of carbonyl (C=O) groups excluding carboxylic acids is 1. The van der Waals surface area contributed by atoms with Crippen LogP contribution in [0.3, 0.4) is 0 Å². The second-order valence-corrected chi connectivity index (χ2v) is 8.23. The van der Waals surface area contributed by atoms with Crippen molar-refractivity contribution in [1.29, 1.82) is 0 Å². The fourth-order valence-electron chi connectivity index (χ4n) is 3.31. The van der Waals surface area contributed by atoms with E-state index in [1.807, 2.05) is 23.6 Å². The molecule has 6 nitrogen and oxygen atoms in total. The number of amides is 1. The van der Waals surface area contributed by atoms with Crippen LogP contribution in [0.1, 0.15) is 26.8 Å². The Bertz CT molecular complexity index is 1270. The summed E-state index contributed by atoms with van der Waals surface area (Å²) in [6.45, 7) is 0. The molecule has 31 heavy (non-hydrogen) atoms. The quantitative estimate of drug-likeness (QED) is 0.433. The number of fused-ring (bicyclic) bond motifs is 1. The van der Waals surface area contributed by atoms with Crippen molar-refractivity contribution in [2.75, 3.05) is 10.6 Å². The van der Waals surface area contributed by atoms with Gasteiger partial charge in [-0.25, -0.2) is 9.07 Å². The van der Waals surface area contributed by atoms with E-state index in [0.717, 1.165) is 16.8 Å². The summed E-state index contributed by atoms with van der Waals surface area (Å²) in [7, 11) is 0. The van der Waals surface area contributed by atoms with Crippen LogP contribution in [0.15, 0.2) is 72.1 Å². The predicted molar refractivity (Wildman–Crippen MR) is 120 cm³/mol. The lowest BCUT2D eigenvalue weighted by atomic mass is 10.0. The first kappa shape index (κ1) is 19.5. The molecule has 4 aromatic rings. The lowest BCUT2D eigenvalue weighted by Crippen LogP contribution is -2.20. The van der Waals surface area contributed by atoms with Crippen molar-refractivity contribution in [3.05, 3.63) is 99.0 Å². The van der Waals surface area contributed by atoms with Gasteiger partial charge in [0, 0.05) is 10.7 Å². The number of hydrogen-bond acceptors (Lipinski definition) is 5. The van der Waals surface area contributed by atoms with Gasteiger partial charge in [0.2, 0.25) is 5.95 Å². The van der Waals surface area contributed by atoms with Gasteiger partial charge < -0.3 is 5.32 Å². The van der Waals surface area contributed by atoms with Crippen LogP contribution in [-0.2, 0) is 0 Å². The molecular weight excluding hydrogens is 437 g/mol. The topological polar surface area (TPSA) is 71.8 Å². The SMILES string of the molecule is O=C(Nc1nc2n(n1)[C@H](c1ccc(F)cc1)C=C(c1ccc(Cl)cc1)N2)c1cccs1. The first-order valence-corrected chi connectivity index (χ1v) is 10.6. The van der Waals surface area contributed by atoms with Crippen LogP contribution in [0.25, 0.3) is 5.70 Å². The van der Waals surface area contributed by atoms with E-state index in [0.29, 0.717) is 15.8 Å². The van der Waals surface area contributed by atoms with E-state index in [1.54, 1.807) is 41.1 Å². The number of benzene rings is 2. The highest BCUT2D eigenvalue weighted by Gasteiger charge is 2.26. The molecule has 1 atom stereocenters. The summed E-state index contributed by atoms with van der Waals surface area (Å²) >= 11 is 7.36. The zero-order valence-corrected chi connectivity index (χ0v) is 17.5. The molecule has 0 bridgehead atoms. The Kier molecular flexibility index (Phi) is 5.01. The third kappa shape index (κ3) is 3.95. The number of nitrogens with one attached hydrogen (secondary N) is 2. The number of allylic oxidation sites excluding steroid dienone is 1. The maximum Gasteiger partial charge on any atom is 0.268 e. The molecule has 1 aliphatic rings. The smallest absolute Gasteiger partial charge is 0.268 e. The van der Waals surface area contributed by atoms with E-state index in [1.165, 1.54) is 23.5 Å². The first-order chi connectivity index (χ1) is 15.1. The summed E-state index contributed by atoms with van der Waals surface area (Å²) in [4.78, 5) is 17.4. The van der Waals surface area contributed by atoms with Crippen molar-refractivity contribution in [3.8, 4) is 0 Å². The Labute approximate surface area is 186 Å². The number of carbonyl (C=O) groups is 1. The second kappa shape index (κ2) is 7.98. The second-order valence-electron chi connectivity index (χ2n) is 6.84. The highest BCUT2D eigenvalue weighted by atomic mass is 35.5. The largest absolute Gasteiger partial charge is 0.324 e. The summed E-state index contributed by atoms with van der Waals surface area (Å²) in [5, 5.41) is 12.9. The number of aromatic nitrogens is 3. The van der Waals surface area contributed by atoms with Gasteiger partial charge in [-0.05, 0) is 52.9 Å². The molecule has 0 radical (unpaired) electrons. The molecule has 0 fully saturated rings. The third-order valence-electron chi connectivity index (χ3n) is 4.80. The third-order valence-corrected chi connectivity index (χ3v) is 5.92. The van der Waals surface area contributed by atoms with Gasteiger partial charge >= 0.3 is 0 Å². The van der Waals surface area contributed by atoms with Crippen LogP contribution >= 0.6 is 22.9 Å². The predicted octanol–water partition coefficient (Wildman–Crippen LogP) is 5.44. The molecule has 2 N–H and O–H groups in total. The number of rotatable bonds is 4. The van der Waals surface area contributed by atoms with E-state index >= 15 is 0 Å². The summed E-state index contributed by atoms with van der Waals surface area (Å²) in [6, 6.07) is 16.8. The Hall–Kier alpha value is -3.49. The molecule has 0 spiro atoms. The van der Waals surface area contributed by atoms with Crippen molar-refractivity contribution in [2.24, 2.45) is 0 Å². The Morgan fingerprint density at radius 2 is 1.90 bits per heavy atom. The van der Waals surface area contributed by atoms with Crippen molar-refractivity contribution < 1.29 is 9.18 Å². The van der Waals surface area contributed by atoms with Crippen molar-refractivity contribution >= 4 is 46.4 Å². The van der Waals surface area contributed by atoms with Crippen LogP contribution in [0.2, 0.25) is 5.02 Å². The summed E-state index contributed by atoms with van der Waals surface area (Å²) in [5.41, 5.74) is 2.55. The minimum Gasteiger partial charge on any atom is -0.324 e. The molecule has 2 aromatic heterocycles.